The van der Waals surface area contributed by atoms with Crippen LogP contribution in [0.5, 0.6) is 0 Å². The topological polar surface area (TPSA) is 39.7 Å². The minimum absolute atomic E-state index is 0.0679. The van der Waals surface area contributed by atoms with Crippen molar-refractivity contribution >= 4 is 11.6 Å². The molecule has 1 aliphatic heterocycles. The molecule has 0 bridgehead atoms. The predicted molar refractivity (Wildman–Crippen MR) is 102 cm³/mol. The highest BCUT2D eigenvalue weighted by Crippen LogP contribution is 2.23. The fraction of sp³-hybridized carbons (Fsp3) is 0.700. The number of hydrogen-bond acceptors (Lipinski definition) is 4. The second-order valence-corrected chi connectivity index (χ2v) is 7.44. The van der Waals surface area contributed by atoms with Gasteiger partial charge in [-0.3, -0.25) is 14.7 Å². The van der Waals surface area contributed by atoms with Crippen LogP contribution in [-0.4, -0.2) is 66.5 Å². The molecule has 0 atom stereocenters. The lowest BCUT2D eigenvalue weighted by Gasteiger charge is -2.36. The van der Waals surface area contributed by atoms with Crippen LogP contribution in [0.15, 0.2) is 18.3 Å². The molecule has 5 nitrogen and oxygen atoms in total. The Morgan fingerprint density at radius 3 is 2.60 bits per heavy atom. The number of pyridine rings is 1. The molecule has 0 aromatic carbocycles. The summed E-state index contributed by atoms with van der Waals surface area (Å²) in [6.45, 7) is 7.66. The number of hydrogen-bond donors (Lipinski definition) is 0. The monoisotopic (exact) mass is 344 g/mol. The number of carbonyl (C=O) groups excluding carboxylic acids is 1. The van der Waals surface area contributed by atoms with Gasteiger partial charge in [-0.2, -0.15) is 0 Å². The van der Waals surface area contributed by atoms with Crippen LogP contribution in [0.2, 0.25) is 0 Å². The first-order chi connectivity index (χ1) is 12.2. The maximum absolute atomic E-state index is 12.9. The summed E-state index contributed by atoms with van der Waals surface area (Å²) in [6, 6.07) is 4.40. The molecule has 1 aromatic heterocycles. The van der Waals surface area contributed by atoms with Gasteiger partial charge in [-0.25, -0.2) is 0 Å². The highest BCUT2D eigenvalue weighted by atomic mass is 16.2. The molecule has 0 N–H and O–H groups in total. The van der Waals surface area contributed by atoms with Crippen LogP contribution in [0.25, 0.3) is 0 Å². The van der Waals surface area contributed by atoms with Crippen LogP contribution in [0.1, 0.15) is 55.9 Å². The van der Waals surface area contributed by atoms with Crippen molar-refractivity contribution in [3.05, 3.63) is 24.0 Å². The van der Waals surface area contributed by atoms with Gasteiger partial charge in [-0.1, -0.05) is 26.2 Å². The molecule has 0 radical (unpaired) electrons. The van der Waals surface area contributed by atoms with E-state index in [0.717, 1.165) is 44.7 Å². The molecule has 0 spiro atoms. The van der Waals surface area contributed by atoms with Crippen LogP contribution in [0.4, 0.5) is 5.69 Å². The van der Waals surface area contributed by atoms with Gasteiger partial charge in [0.2, 0.25) is 0 Å². The highest BCUT2D eigenvalue weighted by Gasteiger charge is 2.24. The molecule has 2 fully saturated rings. The SMILES string of the molecule is CCCN1CCN(c2ccnc(C(=O)N(C)C3CCCCC3)c2)CC1. The zero-order chi connectivity index (χ0) is 17.6. The lowest BCUT2D eigenvalue weighted by Crippen LogP contribution is -2.46. The van der Waals surface area contributed by atoms with Crippen LogP contribution in [0, 0.1) is 0 Å². The van der Waals surface area contributed by atoms with E-state index in [1.165, 1.54) is 32.2 Å². The van der Waals surface area contributed by atoms with E-state index < -0.39 is 0 Å². The van der Waals surface area contributed by atoms with Gasteiger partial charge in [-0.15, -0.1) is 0 Å². The first-order valence-corrected chi connectivity index (χ1v) is 9.89. The molecule has 2 aliphatic rings. The van der Waals surface area contributed by atoms with Gasteiger partial charge < -0.3 is 9.80 Å². The molecule has 138 valence electrons. The van der Waals surface area contributed by atoms with Gasteiger partial charge in [0.15, 0.2) is 0 Å². The van der Waals surface area contributed by atoms with Crippen molar-refractivity contribution in [1.29, 1.82) is 0 Å². The summed E-state index contributed by atoms with van der Waals surface area (Å²) in [6.07, 6.45) is 9.02. The fourth-order valence-corrected chi connectivity index (χ4v) is 4.09. The van der Waals surface area contributed by atoms with Crippen molar-refractivity contribution in [1.82, 2.24) is 14.8 Å². The molecule has 1 aliphatic carbocycles. The maximum atomic E-state index is 12.9. The Balaban J connectivity index is 1.64. The first-order valence-electron chi connectivity index (χ1n) is 9.89. The molecule has 5 heteroatoms. The number of amides is 1. The Kier molecular flexibility index (Phi) is 6.29. The van der Waals surface area contributed by atoms with E-state index in [2.05, 4.69) is 21.7 Å². The molecule has 3 rings (SSSR count). The van der Waals surface area contributed by atoms with E-state index in [0.29, 0.717) is 11.7 Å². The summed E-state index contributed by atoms with van der Waals surface area (Å²) in [7, 11) is 1.94. The van der Waals surface area contributed by atoms with E-state index in [1.54, 1.807) is 6.20 Å². The summed E-state index contributed by atoms with van der Waals surface area (Å²) in [5.74, 6) is 0.0679. The standard InChI is InChI=1S/C20H32N4O/c1-3-11-23-12-14-24(15-13-23)18-9-10-21-19(16-18)20(25)22(2)17-7-5-4-6-8-17/h9-10,16-17H,3-8,11-15H2,1-2H3. The van der Waals surface area contributed by atoms with E-state index in [4.69, 9.17) is 0 Å². The molecule has 0 unspecified atom stereocenters. The molecule has 1 amide bonds. The second-order valence-electron chi connectivity index (χ2n) is 7.44. The Hall–Kier alpha value is -1.62. The summed E-state index contributed by atoms with van der Waals surface area (Å²) >= 11 is 0. The molecular weight excluding hydrogens is 312 g/mol. The molecular formula is C20H32N4O. The number of aromatic nitrogens is 1. The van der Waals surface area contributed by atoms with E-state index in [1.807, 2.05) is 24.1 Å². The van der Waals surface area contributed by atoms with Gasteiger partial charge in [0.1, 0.15) is 5.69 Å². The third-order valence-electron chi connectivity index (χ3n) is 5.68. The zero-order valence-electron chi connectivity index (χ0n) is 15.8. The minimum Gasteiger partial charge on any atom is -0.369 e. The van der Waals surface area contributed by atoms with Crippen molar-refractivity contribution in [3.8, 4) is 0 Å². The Labute approximate surface area is 152 Å². The first kappa shape index (κ1) is 18.2. The number of rotatable bonds is 5. The molecule has 25 heavy (non-hydrogen) atoms. The Morgan fingerprint density at radius 1 is 1.20 bits per heavy atom. The van der Waals surface area contributed by atoms with Crippen molar-refractivity contribution in [2.75, 3.05) is 44.7 Å². The van der Waals surface area contributed by atoms with Crippen LogP contribution < -0.4 is 4.90 Å². The fourth-order valence-electron chi connectivity index (χ4n) is 4.09. The summed E-state index contributed by atoms with van der Waals surface area (Å²) < 4.78 is 0. The van der Waals surface area contributed by atoms with Gasteiger partial charge in [0, 0.05) is 51.2 Å². The summed E-state index contributed by atoms with van der Waals surface area (Å²) in [5, 5.41) is 0. The number of carbonyl (C=O) groups is 1. The quantitative estimate of drug-likeness (QED) is 0.823. The maximum Gasteiger partial charge on any atom is 0.272 e. The van der Waals surface area contributed by atoms with Crippen molar-refractivity contribution in [3.63, 3.8) is 0 Å². The lowest BCUT2D eigenvalue weighted by atomic mass is 9.94. The van der Waals surface area contributed by atoms with E-state index >= 15 is 0 Å². The van der Waals surface area contributed by atoms with Gasteiger partial charge in [0.05, 0.1) is 0 Å². The van der Waals surface area contributed by atoms with Crippen LogP contribution in [-0.2, 0) is 0 Å². The number of piperazine rings is 1. The molecule has 1 saturated heterocycles. The number of anilines is 1. The largest absolute Gasteiger partial charge is 0.369 e. The number of nitrogens with zero attached hydrogens (tertiary/aromatic N) is 4. The second kappa shape index (κ2) is 8.65. The van der Waals surface area contributed by atoms with Gasteiger partial charge in [-0.05, 0) is 37.9 Å². The van der Waals surface area contributed by atoms with Crippen molar-refractivity contribution < 1.29 is 4.79 Å². The Morgan fingerprint density at radius 2 is 1.92 bits per heavy atom. The van der Waals surface area contributed by atoms with E-state index in [-0.39, 0.29) is 5.91 Å². The minimum atomic E-state index is 0.0679. The van der Waals surface area contributed by atoms with Crippen LogP contribution >= 0.6 is 0 Å². The third-order valence-corrected chi connectivity index (χ3v) is 5.68. The summed E-state index contributed by atoms with van der Waals surface area (Å²) in [5.41, 5.74) is 1.72. The average molecular weight is 345 g/mol. The van der Waals surface area contributed by atoms with Crippen molar-refractivity contribution in [2.45, 2.75) is 51.5 Å². The lowest BCUT2D eigenvalue weighted by molar-refractivity contribution is 0.0690. The van der Waals surface area contributed by atoms with Gasteiger partial charge in [0.25, 0.3) is 5.91 Å². The van der Waals surface area contributed by atoms with E-state index in [9.17, 15) is 4.79 Å². The normalized spacial score (nSPS) is 19.8. The van der Waals surface area contributed by atoms with Crippen LogP contribution in [0.3, 0.4) is 0 Å². The molecule has 1 saturated carbocycles. The van der Waals surface area contributed by atoms with Crippen molar-refractivity contribution in [2.24, 2.45) is 0 Å². The third kappa shape index (κ3) is 4.51. The molecule has 1 aromatic rings. The highest BCUT2D eigenvalue weighted by molar-refractivity contribution is 5.93. The van der Waals surface area contributed by atoms with Gasteiger partial charge >= 0.3 is 0 Å². The predicted octanol–water partition coefficient (Wildman–Crippen LogP) is 3.02. The average Bonchev–Trinajstić information content (AvgIpc) is 2.68. The Bertz CT molecular complexity index is 563. The zero-order valence-corrected chi connectivity index (χ0v) is 15.8. The molecule has 2 heterocycles. The summed E-state index contributed by atoms with van der Waals surface area (Å²) in [4.78, 5) is 24.0. The smallest absolute Gasteiger partial charge is 0.272 e.